The predicted octanol–water partition coefficient (Wildman–Crippen LogP) is 0.355. The van der Waals surface area contributed by atoms with Crippen LogP contribution in [0.15, 0.2) is 42.5 Å². The van der Waals surface area contributed by atoms with Gasteiger partial charge in [0, 0.05) is 30.1 Å². The molecule has 0 saturated carbocycles. The van der Waals surface area contributed by atoms with E-state index in [0.29, 0.717) is 18.7 Å². The summed E-state index contributed by atoms with van der Waals surface area (Å²) < 4.78 is 40.6. The minimum absolute atomic E-state index is 0.0399. The van der Waals surface area contributed by atoms with Crippen molar-refractivity contribution in [2.45, 2.75) is 37.1 Å². The van der Waals surface area contributed by atoms with Crippen LogP contribution in [-0.2, 0) is 34.2 Å². The third-order valence-electron chi connectivity index (χ3n) is 6.07. The monoisotopic (exact) mass is 558 g/mol. The Bertz CT molecular complexity index is 1160. The van der Waals surface area contributed by atoms with E-state index in [0.717, 1.165) is 16.9 Å². The molecule has 16 nitrogen and oxygen atoms in total. The lowest BCUT2D eigenvalue weighted by Crippen LogP contribution is -2.60. The van der Waals surface area contributed by atoms with Crippen molar-refractivity contribution in [2.24, 2.45) is 11.8 Å². The number of benzene rings is 2. The number of anilines is 2. The summed E-state index contributed by atoms with van der Waals surface area (Å²) in [4.78, 5) is 12.6. The zero-order chi connectivity index (χ0) is 27.4. The Labute approximate surface area is 215 Å². The van der Waals surface area contributed by atoms with E-state index >= 15 is 0 Å². The predicted molar refractivity (Wildman–Crippen MR) is 128 cm³/mol. The highest BCUT2D eigenvalue weighted by Gasteiger charge is 2.45. The first-order valence-corrected chi connectivity index (χ1v) is 12.7. The summed E-state index contributed by atoms with van der Waals surface area (Å²) in [7, 11) is -4.20. The van der Waals surface area contributed by atoms with Crippen molar-refractivity contribution < 1.29 is 52.8 Å². The number of phosphoric acid groups is 1. The Morgan fingerprint density at radius 3 is 2.45 bits per heavy atom. The molecule has 2 aliphatic rings. The smallest absolute Gasteiger partial charge is 0.462 e. The van der Waals surface area contributed by atoms with Gasteiger partial charge in [-0.1, -0.05) is 0 Å². The Hall–Kier alpha value is -2.73. The molecular formula is C21H27N4O12P. The number of ether oxygens (including phenoxy) is 3. The zero-order valence-electron chi connectivity index (χ0n) is 19.8. The van der Waals surface area contributed by atoms with Gasteiger partial charge in [0.15, 0.2) is 6.79 Å². The van der Waals surface area contributed by atoms with Crippen LogP contribution >= 0.6 is 7.82 Å². The van der Waals surface area contributed by atoms with Crippen LogP contribution in [0.2, 0.25) is 0 Å². The van der Waals surface area contributed by atoms with Crippen molar-refractivity contribution in [1.29, 1.82) is 0 Å². The minimum Gasteiger partial charge on any atom is -0.462 e. The van der Waals surface area contributed by atoms with Crippen LogP contribution < -0.4 is 21.4 Å². The molecule has 0 radical (unpaired) electrons. The topological polar surface area (TPSA) is 232 Å². The average molecular weight is 558 g/mol. The van der Waals surface area contributed by atoms with Crippen molar-refractivity contribution >= 4 is 24.9 Å². The number of nitro benzene ring substituents is 1. The van der Waals surface area contributed by atoms with Crippen molar-refractivity contribution in [2.75, 3.05) is 24.8 Å². The van der Waals surface area contributed by atoms with E-state index in [9.17, 15) is 30.0 Å². The Morgan fingerprint density at radius 1 is 1.08 bits per heavy atom. The van der Waals surface area contributed by atoms with E-state index in [4.69, 9.17) is 26.0 Å². The van der Waals surface area contributed by atoms with Crippen molar-refractivity contribution in [3.8, 4) is 5.75 Å². The molecule has 2 heterocycles. The molecule has 0 amide bonds. The maximum absolute atomic E-state index is 11.6. The average Bonchev–Trinajstić information content (AvgIpc) is 3.35. The molecule has 208 valence electrons. The van der Waals surface area contributed by atoms with Crippen molar-refractivity contribution in [1.82, 2.24) is 0 Å². The number of nitrogens with zero attached hydrogens (tertiary/aromatic N) is 2. The highest BCUT2D eigenvalue weighted by atomic mass is 31.2. The molecule has 2 aromatic rings. The lowest BCUT2D eigenvalue weighted by molar-refractivity contribution is -0.384. The molecule has 0 bridgehead atoms. The first kappa shape index (κ1) is 28.3. The van der Waals surface area contributed by atoms with Gasteiger partial charge in [-0.15, -0.1) is 0 Å². The fraction of sp³-hybridized carbons (Fsp3) is 0.429. The SMILES string of the molecule is NOP(=O)(ON)OCOC[C@H]1O[C@H](Oc2ccc(N3CCc4cc([N+](=O)[O-])ccc43)cc2)[C@@H](O)[C@@H](O)[C@@H]1O. The summed E-state index contributed by atoms with van der Waals surface area (Å²) in [5.74, 6) is 9.81. The van der Waals surface area contributed by atoms with E-state index in [2.05, 4.69) is 13.8 Å². The molecule has 2 aromatic carbocycles. The third-order valence-corrected chi connectivity index (χ3v) is 7.01. The molecule has 4 rings (SSSR count). The molecule has 0 unspecified atom stereocenters. The van der Waals surface area contributed by atoms with Crippen molar-refractivity contribution in [3.63, 3.8) is 0 Å². The number of non-ortho nitro benzene ring substituents is 1. The summed E-state index contributed by atoms with van der Waals surface area (Å²) in [5.41, 5.74) is 2.60. The van der Waals surface area contributed by atoms with Crippen LogP contribution in [0, 0.1) is 10.1 Å². The summed E-state index contributed by atoms with van der Waals surface area (Å²) >= 11 is 0. The van der Waals surface area contributed by atoms with Crippen LogP contribution in [0.3, 0.4) is 0 Å². The molecule has 0 aliphatic carbocycles. The number of aliphatic hydroxyl groups is 3. The number of fused-ring (bicyclic) bond motifs is 1. The molecule has 2 aliphatic heterocycles. The number of nitrogens with two attached hydrogens (primary N) is 2. The summed E-state index contributed by atoms with van der Waals surface area (Å²) in [5, 5.41) is 41.9. The number of rotatable bonds is 11. The lowest BCUT2D eigenvalue weighted by Gasteiger charge is -2.40. The van der Waals surface area contributed by atoms with Crippen molar-refractivity contribution in [3.05, 3.63) is 58.1 Å². The third kappa shape index (κ3) is 6.12. The summed E-state index contributed by atoms with van der Waals surface area (Å²) in [6, 6.07) is 11.5. The van der Waals surface area contributed by atoms with Gasteiger partial charge in [0.1, 0.15) is 30.2 Å². The normalized spacial score (nSPS) is 25.3. The van der Waals surface area contributed by atoms with E-state index in [1.54, 1.807) is 36.4 Å². The number of hydrogen-bond acceptors (Lipinski definition) is 15. The van der Waals surface area contributed by atoms with Gasteiger partial charge < -0.3 is 34.4 Å². The fourth-order valence-corrected chi connectivity index (χ4v) is 4.49. The molecule has 7 N–H and O–H groups in total. The highest BCUT2D eigenvalue weighted by Crippen LogP contribution is 2.45. The van der Waals surface area contributed by atoms with E-state index < -0.39 is 50.2 Å². The van der Waals surface area contributed by atoms with Gasteiger partial charge in [0.2, 0.25) is 6.29 Å². The Morgan fingerprint density at radius 2 is 1.79 bits per heavy atom. The largest absolute Gasteiger partial charge is 0.509 e. The second-order valence-corrected chi connectivity index (χ2v) is 9.95. The second kappa shape index (κ2) is 12.0. The maximum Gasteiger partial charge on any atom is 0.509 e. The van der Waals surface area contributed by atoms with Gasteiger partial charge in [0.05, 0.1) is 11.5 Å². The van der Waals surface area contributed by atoms with Crippen LogP contribution in [-0.4, -0.2) is 70.9 Å². The zero-order valence-corrected chi connectivity index (χ0v) is 20.7. The molecule has 1 saturated heterocycles. The fourth-order valence-electron chi connectivity index (χ4n) is 4.11. The standard InChI is InChI=1S/C21H27N4O12P/c22-36-38(31,37-23)33-11-32-10-17-18(26)19(27)20(28)21(35-17)34-15-4-1-13(2-5-15)24-8-7-12-9-14(25(29)30)3-6-16(12)24/h1-6,9,17-21,26-28H,7-8,10-11,22-23H2/t17-,18-,19+,20+,21+/m1/s1. The van der Waals surface area contributed by atoms with Crippen LogP contribution in [0.5, 0.6) is 5.75 Å². The van der Waals surface area contributed by atoms with Gasteiger partial charge in [-0.2, -0.15) is 9.25 Å². The van der Waals surface area contributed by atoms with Crippen LogP contribution in [0.25, 0.3) is 0 Å². The maximum atomic E-state index is 11.6. The summed E-state index contributed by atoms with van der Waals surface area (Å²) in [6.07, 6.45) is -6.63. The van der Waals surface area contributed by atoms with Gasteiger partial charge in [0.25, 0.3) is 5.69 Å². The van der Waals surface area contributed by atoms with Gasteiger partial charge in [-0.05, 0) is 42.3 Å². The van der Waals surface area contributed by atoms with Gasteiger partial charge in [-0.3, -0.25) is 14.6 Å². The molecule has 1 fully saturated rings. The van der Waals surface area contributed by atoms with Gasteiger partial charge >= 0.3 is 7.82 Å². The van der Waals surface area contributed by atoms with Gasteiger partial charge in [-0.25, -0.2) is 16.4 Å². The first-order valence-electron chi connectivity index (χ1n) is 11.3. The molecule has 17 heteroatoms. The number of aliphatic hydroxyl groups excluding tert-OH is 3. The first-order chi connectivity index (χ1) is 18.2. The van der Waals surface area contributed by atoms with Crippen LogP contribution in [0.1, 0.15) is 5.56 Å². The Kier molecular flexibility index (Phi) is 8.92. The molecular weight excluding hydrogens is 531 g/mol. The number of hydrogen-bond donors (Lipinski definition) is 5. The molecule has 0 spiro atoms. The van der Waals surface area contributed by atoms with E-state index in [1.165, 1.54) is 6.07 Å². The quantitative estimate of drug-likeness (QED) is 0.0823. The lowest BCUT2D eigenvalue weighted by atomic mass is 9.99. The minimum atomic E-state index is -4.20. The molecule has 38 heavy (non-hydrogen) atoms. The molecule has 0 aromatic heterocycles. The highest BCUT2D eigenvalue weighted by molar-refractivity contribution is 7.48. The van der Waals surface area contributed by atoms with E-state index in [1.807, 2.05) is 4.90 Å². The summed E-state index contributed by atoms with van der Waals surface area (Å²) in [6.45, 7) is -0.400. The second-order valence-electron chi connectivity index (χ2n) is 8.37. The van der Waals surface area contributed by atoms with Crippen LogP contribution in [0.4, 0.5) is 17.1 Å². The van der Waals surface area contributed by atoms with E-state index in [-0.39, 0.29) is 12.3 Å². The Balaban J connectivity index is 1.37. The number of nitro groups is 1. The molecule has 5 atom stereocenters.